The van der Waals surface area contributed by atoms with E-state index in [1.807, 2.05) is 13.8 Å². The molecule has 0 fully saturated rings. The van der Waals surface area contributed by atoms with Gasteiger partial charge in [-0.15, -0.1) is 11.3 Å². The van der Waals surface area contributed by atoms with Crippen molar-refractivity contribution in [2.75, 3.05) is 5.32 Å². The zero-order valence-electron chi connectivity index (χ0n) is 13.0. The number of hydrogen-bond donors (Lipinski definition) is 3. The van der Waals surface area contributed by atoms with E-state index in [0.717, 1.165) is 0 Å². The maximum absolute atomic E-state index is 12.3. The van der Waals surface area contributed by atoms with E-state index in [9.17, 15) is 9.59 Å². The van der Waals surface area contributed by atoms with Crippen molar-refractivity contribution in [3.05, 3.63) is 45.8 Å². The second-order valence-corrected chi connectivity index (χ2v) is 6.93. The van der Waals surface area contributed by atoms with Crippen LogP contribution in [0.3, 0.4) is 0 Å². The predicted molar refractivity (Wildman–Crippen MR) is 96.0 cm³/mol. The van der Waals surface area contributed by atoms with Gasteiger partial charge in [0.2, 0.25) is 0 Å². The molecule has 24 heavy (non-hydrogen) atoms. The number of carbonyl (C=O) groups is 2. The van der Waals surface area contributed by atoms with Crippen LogP contribution in [0.1, 0.15) is 33.9 Å². The Labute approximate surface area is 147 Å². The number of hydrogen-bond acceptors (Lipinski definition) is 4. The molecule has 1 aromatic carbocycles. The van der Waals surface area contributed by atoms with E-state index in [1.54, 1.807) is 30.3 Å². The zero-order valence-corrected chi connectivity index (χ0v) is 14.6. The standard InChI is InChI=1S/C16H15ClN4O2S/c1-8(2)18-15(23)12-7-10-13(20-21-16(10)24-12)19-14(22)9-5-3-4-6-11(9)17/h3-8H,1-2H3,(H,18,23)(H2,19,20,21,22). The Morgan fingerprint density at radius 1 is 1.25 bits per heavy atom. The summed E-state index contributed by atoms with van der Waals surface area (Å²) in [4.78, 5) is 25.6. The van der Waals surface area contributed by atoms with Gasteiger partial charge < -0.3 is 10.6 Å². The minimum Gasteiger partial charge on any atom is -0.349 e. The lowest BCUT2D eigenvalue weighted by molar-refractivity contribution is 0.0946. The number of anilines is 1. The van der Waals surface area contributed by atoms with Crippen LogP contribution in [0, 0.1) is 0 Å². The van der Waals surface area contributed by atoms with Crippen LogP contribution in [0.2, 0.25) is 5.02 Å². The van der Waals surface area contributed by atoms with Crippen LogP contribution in [0.4, 0.5) is 5.82 Å². The van der Waals surface area contributed by atoms with Crippen molar-refractivity contribution < 1.29 is 9.59 Å². The van der Waals surface area contributed by atoms with Crippen molar-refractivity contribution in [2.24, 2.45) is 0 Å². The summed E-state index contributed by atoms with van der Waals surface area (Å²) in [7, 11) is 0. The summed E-state index contributed by atoms with van der Waals surface area (Å²) in [5.74, 6) is -0.0586. The monoisotopic (exact) mass is 362 g/mol. The molecule has 0 aliphatic rings. The van der Waals surface area contributed by atoms with Gasteiger partial charge in [-0.3, -0.25) is 14.7 Å². The second-order valence-electron chi connectivity index (χ2n) is 5.49. The number of nitrogens with one attached hydrogen (secondary N) is 3. The summed E-state index contributed by atoms with van der Waals surface area (Å²) in [5, 5.41) is 13.5. The second kappa shape index (κ2) is 6.62. The Morgan fingerprint density at radius 3 is 2.71 bits per heavy atom. The first-order valence-electron chi connectivity index (χ1n) is 7.30. The van der Waals surface area contributed by atoms with Gasteiger partial charge in [-0.05, 0) is 32.0 Å². The van der Waals surface area contributed by atoms with E-state index in [4.69, 9.17) is 11.6 Å². The van der Waals surface area contributed by atoms with Crippen LogP contribution in [0.15, 0.2) is 30.3 Å². The van der Waals surface area contributed by atoms with Gasteiger partial charge >= 0.3 is 0 Å². The molecule has 3 aromatic rings. The van der Waals surface area contributed by atoms with Crippen LogP contribution in [0.5, 0.6) is 0 Å². The Morgan fingerprint density at radius 2 is 2.00 bits per heavy atom. The number of aromatic nitrogens is 2. The van der Waals surface area contributed by atoms with Crippen molar-refractivity contribution in [3.63, 3.8) is 0 Å². The number of benzene rings is 1. The van der Waals surface area contributed by atoms with Crippen LogP contribution in [-0.4, -0.2) is 28.1 Å². The topological polar surface area (TPSA) is 86.9 Å². The van der Waals surface area contributed by atoms with Crippen molar-refractivity contribution >= 4 is 50.8 Å². The molecule has 0 aliphatic heterocycles. The first-order valence-corrected chi connectivity index (χ1v) is 8.50. The highest BCUT2D eigenvalue weighted by molar-refractivity contribution is 7.20. The van der Waals surface area contributed by atoms with Gasteiger partial charge in [0.05, 0.1) is 20.8 Å². The minimum atomic E-state index is -0.342. The molecule has 0 saturated heterocycles. The fourth-order valence-electron chi connectivity index (χ4n) is 2.18. The molecule has 6 nitrogen and oxygen atoms in total. The van der Waals surface area contributed by atoms with Gasteiger partial charge in [0, 0.05) is 6.04 Å². The highest BCUT2D eigenvalue weighted by Gasteiger charge is 2.18. The number of nitrogens with zero attached hydrogens (tertiary/aromatic N) is 1. The summed E-state index contributed by atoms with van der Waals surface area (Å²) >= 11 is 7.30. The lowest BCUT2D eigenvalue weighted by atomic mass is 10.2. The third-order valence-corrected chi connectivity index (χ3v) is 4.61. The Kier molecular flexibility index (Phi) is 4.55. The molecule has 0 bridgehead atoms. The van der Waals surface area contributed by atoms with Crippen molar-refractivity contribution in [1.82, 2.24) is 15.5 Å². The summed E-state index contributed by atoms with van der Waals surface area (Å²) in [6.07, 6.45) is 0. The smallest absolute Gasteiger partial charge is 0.261 e. The number of thiophene rings is 1. The third-order valence-electron chi connectivity index (χ3n) is 3.25. The quantitative estimate of drug-likeness (QED) is 0.661. The fraction of sp³-hybridized carbons (Fsp3) is 0.188. The summed E-state index contributed by atoms with van der Waals surface area (Å²) in [6, 6.07) is 8.55. The minimum absolute atomic E-state index is 0.0490. The number of halogens is 1. The lowest BCUT2D eigenvalue weighted by Gasteiger charge is -2.06. The first-order chi connectivity index (χ1) is 11.5. The Balaban J connectivity index is 1.85. The molecular formula is C16H15ClN4O2S. The van der Waals surface area contributed by atoms with Crippen LogP contribution in [0.25, 0.3) is 10.2 Å². The van der Waals surface area contributed by atoms with Crippen molar-refractivity contribution in [1.29, 1.82) is 0 Å². The van der Waals surface area contributed by atoms with Crippen LogP contribution < -0.4 is 10.6 Å². The van der Waals surface area contributed by atoms with E-state index in [2.05, 4.69) is 20.8 Å². The van der Waals surface area contributed by atoms with Crippen LogP contribution in [-0.2, 0) is 0 Å². The predicted octanol–water partition coefficient (Wildman–Crippen LogP) is 3.67. The molecule has 0 saturated carbocycles. The molecule has 3 rings (SSSR count). The molecule has 0 spiro atoms. The first kappa shape index (κ1) is 16.5. The summed E-state index contributed by atoms with van der Waals surface area (Å²) in [5.41, 5.74) is 0.370. The summed E-state index contributed by atoms with van der Waals surface area (Å²) in [6.45, 7) is 3.79. The molecule has 2 aromatic heterocycles. The highest BCUT2D eigenvalue weighted by Crippen LogP contribution is 2.29. The Hall–Kier alpha value is -2.38. The van der Waals surface area contributed by atoms with Crippen LogP contribution >= 0.6 is 22.9 Å². The summed E-state index contributed by atoms with van der Waals surface area (Å²) < 4.78 is 0. The number of H-pyrrole nitrogens is 1. The molecule has 124 valence electrons. The highest BCUT2D eigenvalue weighted by atomic mass is 35.5. The molecule has 0 unspecified atom stereocenters. The van der Waals surface area contributed by atoms with Crippen molar-refractivity contribution in [2.45, 2.75) is 19.9 Å². The van der Waals surface area contributed by atoms with Gasteiger partial charge in [0.1, 0.15) is 10.6 Å². The number of carbonyl (C=O) groups excluding carboxylic acids is 2. The largest absolute Gasteiger partial charge is 0.349 e. The molecule has 8 heteroatoms. The van der Waals surface area contributed by atoms with Gasteiger partial charge in [-0.25, -0.2) is 0 Å². The fourth-order valence-corrected chi connectivity index (χ4v) is 3.30. The normalized spacial score (nSPS) is 11.0. The SMILES string of the molecule is CC(C)NC(=O)c1cc2c(NC(=O)c3ccccc3Cl)[nH]nc2s1. The number of aromatic amines is 1. The molecule has 2 heterocycles. The molecule has 2 amide bonds. The molecule has 0 aliphatic carbocycles. The molecular weight excluding hydrogens is 348 g/mol. The molecule has 0 radical (unpaired) electrons. The number of rotatable bonds is 4. The van der Waals surface area contributed by atoms with Gasteiger partial charge in [0.25, 0.3) is 11.8 Å². The number of fused-ring (bicyclic) bond motifs is 1. The van der Waals surface area contributed by atoms with E-state index in [0.29, 0.717) is 31.5 Å². The van der Waals surface area contributed by atoms with E-state index >= 15 is 0 Å². The molecule has 3 N–H and O–H groups in total. The zero-order chi connectivity index (χ0) is 17.3. The maximum atomic E-state index is 12.3. The van der Waals surface area contributed by atoms with E-state index < -0.39 is 0 Å². The van der Waals surface area contributed by atoms with E-state index in [1.165, 1.54) is 11.3 Å². The lowest BCUT2D eigenvalue weighted by Crippen LogP contribution is -2.29. The average Bonchev–Trinajstić information content (AvgIpc) is 3.09. The molecule has 0 atom stereocenters. The van der Waals surface area contributed by atoms with Gasteiger partial charge in [-0.2, -0.15) is 5.10 Å². The maximum Gasteiger partial charge on any atom is 0.261 e. The van der Waals surface area contributed by atoms with Gasteiger partial charge in [0.15, 0.2) is 0 Å². The Bertz CT molecular complexity index is 916. The number of amides is 2. The average molecular weight is 363 g/mol. The van der Waals surface area contributed by atoms with E-state index in [-0.39, 0.29) is 17.9 Å². The third kappa shape index (κ3) is 3.27. The van der Waals surface area contributed by atoms with Gasteiger partial charge in [-0.1, -0.05) is 23.7 Å². The van der Waals surface area contributed by atoms with Crippen molar-refractivity contribution in [3.8, 4) is 0 Å².